The summed E-state index contributed by atoms with van der Waals surface area (Å²) in [6.07, 6.45) is 70.0. The van der Waals surface area contributed by atoms with Gasteiger partial charge in [0.15, 0.2) is 12.4 Å². The second-order valence-corrected chi connectivity index (χ2v) is 19.1. The van der Waals surface area contributed by atoms with Crippen molar-refractivity contribution in [2.24, 2.45) is 0 Å². The first-order valence-corrected chi connectivity index (χ1v) is 27.7. The van der Waals surface area contributed by atoms with Gasteiger partial charge in [-0.1, -0.05) is 212 Å². The molecule has 9 heteroatoms. The Bertz CT molecular complexity index is 1570. The molecule has 0 aromatic rings. The highest BCUT2D eigenvalue weighted by atomic mass is 16.7. The Morgan fingerprint density at radius 2 is 0.803 bits per heavy atom. The molecule has 0 saturated heterocycles. The van der Waals surface area contributed by atoms with Crippen LogP contribution in [0.1, 0.15) is 194 Å². The quantitative estimate of drug-likeness (QED) is 0.0195. The SMILES string of the molecule is CC/C=C\C/C=C\C/C=C\C/C=C\C/C=C\C/C=C\C/C=C\C/C=C\C/C=C\C/C=C\CCCCCCCCCCC(=O)OC(COC(=O)CCCCCCCCC)COC(OCC[N+](C)(C)C)C(=O)[O-]. The minimum absolute atomic E-state index is 0.141. The summed E-state index contributed by atoms with van der Waals surface area (Å²) in [5.41, 5.74) is 0. The van der Waals surface area contributed by atoms with Crippen LogP contribution in [0.4, 0.5) is 0 Å². The number of carboxylic acids is 1. The molecule has 0 bridgehead atoms. The fourth-order valence-electron chi connectivity index (χ4n) is 6.97. The number of aliphatic carboxylic acids is 1. The van der Waals surface area contributed by atoms with Crippen molar-refractivity contribution < 1.29 is 42.9 Å². The third kappa shape index (κ3) is 53.3. The maximum atomic E-state index is 12.8. The molecule has 0 heterocycles. The number of likely N-dealkylation sites (N-methyl/N-ethyl adjacent to an activating group) is 1. The Balaban J connectivity index is 4.09. The number of nitrogens with zero attached hydrogens (tertiary/aromatic N) is 1. The van der Waals surface area contributed by atoms with Crippen molar-refractivity contribution in [2.45, 2.75) is 206 Å². The fourth-order valence-corrected chi connectivity index (χ4v) is 6.97. The van der Waals surface area contributed by atoms with Gasteiger partial charge in [0.1, 0.15) is 13.2 Å². The number of carbonyl (C=O) groups is 3. The number of quaternary nitrogens is 1. The van der Waals surface area contributed by atoms with Crippen molar-refractivity contribution in [1.29, 1.82) is 0 Å². The number of carbonyl (C=O) groups excluding carboxylic acids is 3. The molecule has 0 radical (unpaired) electrons. The molecule has 2 atom stereocenters. The van der Waals surface area contributed by atoms with E-state index in [9.17, 15) is 19.5 Å². The van der Waals surface area contributed by atoms with Gasteiger partial charge >= 0.3 is 11.9 Å². The molecule has 0 saturated carbocycles. The normalized spacial score (nSPS) is 13.8. The summed E-state index contributed by atoms with van der Waals surface area (Å²) in [7, 11) is 5.89. The summed E-state index contributed by atoms with van der Waals surface area (Å²) in [5, 5.41) is 11.7. The summed E-state index contributed by atoms with van der Waals surface area (Å²) in [5.74, 6) is -2.32. The van der Waals surface area contributed by atoms with Gasteiger partial charge in [0.2, 0.25) is 0 Å². The first-order chi connectivity index (χ1) is 34.6. The Morgan fingerprint density at radius 3 is 1.20 bits per heavy atom. The lowest BCUT2D eigenvalue weighted by molar-refractivity contribution is -0.870. The van der Waals surface area contributed by atoms with E-state index >= 15 is 0 Å². The van der Waals surface area contributed by atoms with Gasteiger partial charge in [-0.2, -0.15) is 0 Å². The zero-order valence-electron chi connectivity index (χ0n) is 45.5. The third-order valence-electron chi connectivity index (χ3n) is 11.2. The monoisotopic (exact) mass is 988 g/mol. The first-order valence-electron chi connectivity index (χ1n) is 27.7. The van der Waals surface area contributed by atoms with E-state index in [0.717, 1.165) is 109 Å². The molecule has 0 amide bonds. The van der Waals surface area contributed by atoms with Crippen molar-refractivity contribution in [1.82, 2.24) is 0 Å². The molecule has 0 rings (SSSR count). The predicted molar refractivity (Wildman–Crippen MR) is 296 cm³/mol. The fraction of sp³-hybridized carbons (Fsp3) is 0.629. The third-order valence-corrected chi connectivity index (χ3v) is 11.2. The van der Waals surface area contributed by atoms with E-state index < -0.39 is 24.3 Å². The Kier molecular flexibility index (Phi) is 48.9. The van der Waals surface area contributed by atoms with E-state index in [1.165, 1.54) is 51.4 Å². The lowest BCUT2D eigenvalue weighted by Gasteiger charge is -2.26. The molecule has 0 aliphatic rings. The lowest BCUT2D eigenvalue weighted by atomic mass is 10.1. The second kappa shape index (κ2) is 52.0. The number of allylic oxidation sites excluding steroid dienone is 20. The van der Waals surface area contributed by atoms with Crippen molar-refractivity contribution in [2.75, 3.05) is 47.5 Å². The summed E-state index contributed by atoms with van der Waals surface area (Å²) in [6.45, 7) is 4.54. The minimum atomic E-state index is -1.63. The van der Waals surface area contributed by atoms with Crippen molar-refractivity contribution in [3.63, 3.8) is 0 Å². The van der Waals surface area contributed by atoms with Gasteiger partial charge < -0.3 is 33.3 Å². The van der Waals surface area contributed by atoms with Crippen LogP contribution in [-0.2, 0) is 33.3 Å². The molecule has 71 heavy (non-hydrogen) atoms. The summed E-state index contributed by atoms with van der Waals surface area (Å²) < 4.78 is 22.5. The smallest absolute Gasteiger partial charge is 0.306 e. The topological polar surface area (TPSA) is 111 Å². The van der Waals surface area contributed by atoms with Gasteiger partial charge in [0.25, 0.3) is 0 Å². The summed E-state index contributed by atoms with van der Waals surface area (Å²) >= 11 is 0. The van der Waals surface area contributed by atoms with Crippen molar-refractivity contribution in [3.05, 3.63) is 122 Å². The van der Waals surface area contributed by atoms with E-state index in [-0.39, 0.29) is 38.6 Å². The molecule has 0 aliphatic heterocycles. The van der Waals surface area contributed by atoms with E-state index in [4.69, 9.17) is 18.9 Å². The average Bonchev–Trinajstić information content (AvgIpc) is 3.34. The summed E-state index contributed by atoms with van der Waals surface area (Å²) in [4.78, 5) is 36.9. The van der Waals surface area contributed by atoms with Gasteiger partial charge in [-0.05, 0) is 89.9 Å². The van der Waals surface area contributed by atoms with Gasteiger partial charge in [-0.15, -0.1) is 0 Å². The predicted octanol–water partition coefficient (Wildman–Crippen LogP) is 14.8. The molecule has 0 aromatic heterocycles. The largest absolute Gasteiger partial charge is 0.545 e. The highest BCUT2D eigenvalue weighted by Gasteiger charge is 2.22. The van der Waals surface area contributed by atoms with Crippen LogP contribution in [0.2, 0.25) is 0 Å². The van der Waals surface area contributed by atoms with Crippen molar-refractivity contribution >= 4 is 17.9 Å². The number of carboxylic acid groups (broad SMARTS) is 1. The van der Waals surface area contributed by atoms with Gasteiger partial charge in [-0.3, -0.25) is 9.59 Å². The Labute approximate surface area is 434 Å². The van der Waals surface area contributed by atoms with Crippen LogP contribution in [0, 0.1) is 0 Å². The van der Waals surface area contributed by atoms with Crippen LogP contribution in [0.3, 0.4) is 0 Å². The van der Waals surface area contributed by atoms with Crippen LogP contribution in [0.25, 0.3) is 0 Å². The van der Waals surface area contributed by atoms with Gasteiger partial charge in [0.05, 0.1) is 40.3 Å². The van der Waals surface area contributed by atoms with E-state index in [0.29, 0.717) is 17.4 Å². The lowest BCUT2D eigenvalue weighted by Crippen LogP contribution is -2.44. The highest BCUT2D eigenvalue weighted by Crippen LogP contribution is 2.14. The summed E-state index contributed by atoms with van der Waals surface area (Å²) in [6, 6.07) is 0. The molecular weight excluding hydrogens is 887 g/mol. The molecule has 2 unspecified atom stereocenters. The second-order valence-electron chi connectivity index (χ2n) is 19.1. The van der Waals surface area contributed by atoms with Gasteiger partial charge in [-0.25, -0.2) is 0 Å². The number of rotatable bonds is 49. The number of esters is 2. The molecule has 0 fully saturated rings. The van der Waals surface area contributed by atoms with Crippen LogP contribution >= 0.6 is 0 Å². The molecule has 0 aliphatic carbocycles. The molecule has 402 valence electrons. The van der Waals surface area contributed by atoms with E-state index in [1.807, 2.05) is 21.1 Å². The number of hydrogen-bond acceptors (Lipinski definition) is 8. The Hall–Kier alpha value is -4.31. The van der Waals surface area contributed by atoms with Crippen LogP contribution < -0.4 is 5.11 Å². The number of ether oxygens (including phenoxy) is 4. The minimum Gasteiger partial charge on any atom is -0.545 e. The molecular formula is C62H101NO8. The molecule has 0 aromatic carbocycles. The van der Waals surface area contributed by atoms with Crippen LogP contribution in [0.5, 0.6) is 0 Å². The van der Waals surface area contributed by atoms with Crippen molar-refractivity contribution in [3.8, 4) is 0 Å². The highest BCUT2D eigenvalue weighted by molar-refractivity contribution is 5.70. The van der Waals surface area contributed by atoms with Crippen LogP contribution in [0.15, 0.2) is 122 Å². The number of hydrogen-bond donors (Lipinski definition) is 0. The molecule has 0 spiro atoms. The van der Waals surface area contributed by atoms with E-state index in [2.05, 4.69) is 135 Å². The van der Waals surface area contributed by atoms with Crippen LogP contribution in [-0.4, -0.2) is 82.3 Å². The maximum absolute atomic E-state index is 12.8. The van der Waals surface area contributed by atoms with Gasteiger partial charge in [0, 0.05) is 12.8 Å². The average molecular weight is 988 g/mol. The Morgan fingerprint density at radius 1 is 0.437 bits per heavy atom. The molecule has 9 nitrogen and oxygen atoms in total. The standard InChI is InChI=1S/C62H101NO8/c1-6-8-10-12-14-15-16-17-18-19-20-21-22-23-24-25-26-27-28-29-30-31-32-33-34-35-36-37-38-39-40-41-42-43-44-45-47-49-51-53-60(65)71-58(56-69-59(64)52-50-48-46-13-11-9-7-2)57-70-62(61(66)67)68-55-54-63(3,4)5/h8,10,14-15,17-18,20-21,23-24,26-27,29-30,32-33,35-36,38-39,58,62H,6-7,9,11-13,16,19,22,25,28,31,34,37,40-57H2,1-5H3/b10-8-,15-14-,18-17-,21-20-,24-23-,27-26-,30-29-,33-32-,36-35-,39-38-. The number of unbranched alkanes of at least 4 members (excludes halogenated alkanes) is 14. The zero-order chi connectivity index (χ0) is 52.0. The van der Waals surface area contributed by atoms with E-state index in [1.54, 1.807) is 0 Å². The maximum Gasteiger partial charge on any atom is 0.306 e. The molecule has 0 N–H and O–H groups in total. The zero-order valence-corrected chi connectivity index (χ0v) is 45.5. The first kappa shape index (κ1) is 66.7.